The fourth-order valence-corrected chi connectivity index (χ4v) is 11.2. The summed E-state index contributed by atoms with van der Waals surface area (Å²) >= 11 is 0. The van der Waals surface area contributed by atoms with Gasteiger partial charge in [-0.3, -0.25) is 0 Å². The van der Waals surface area contributed by atoms with Crippen LogP contribution in [0, 0.1) is 0 Å². The van der Waals surface area contributed by atoms with Crippen LogP contribution in [0.15, 0.2) is 84.9 Å². The molecule has 0 heterocycles. The van der Waals surface area contributed by atoms with Gasteiger partial charge in [0.25, 0.3) is 0 Å². The van der Waals surface area contributed by atoms with Crippen LogP contribution >= 0.6 is 7.26 Å². The Kier molecular flexibility index (Phi) is 18.0. The molecule has 0 saturated heterocycles. The topological polar surface area (TPSA) is 0 Å². The first-order valence-electron chi connectivity index (χ1n) is 16.7. The number of unbranched alkanes of at least 4 members (excludes halogenated alkanes) is 5. The second-order valence-electron chi connectivity index (χ2n) is 11.7. The minimum atomic E-state index is -0.562. The maximum atomic E-state index is 2.36. The van der Waals surface area contributed by atoms with Crippen molar-refractivity contribution in [3.63, 3.8) is 0 Å². The first-order valence-corrected chi connectivity index (χ1v) is 19.2. The molecule has 0 aliphatic heterocycles. The van der Waals surface area contributed by atoms with Crippen LogP contribution in [0.4, 0.5) is 0 Å². The minimum absolute atomic E-state index is 0.311. The summed E-state index contributed by atoms with van der Waals surface area (Å²) in [5.74, 6) is 0. The highest BCUT2D eigenvalue weighted by molar-refractivity contribution is 7.75. The molecule has 0 unspecified atom stereocenters. The number of rotatable bonds is 18. The molecule has 0 saturated carbocycles. The van der Waals surface area contributed by atoms with Crippen LogP contribution in [0.1, 0.15) is 104 Å². The van der Waals surface area contributed by atoms with Gasteiger partial charge in [-0.2, -0.15) is 0 Å². The number of hydrogen-bond donors (Lipinski definition) is 0. The number of hydrogen-bond acceptors (Lipinski definition) is 0. The summed E-state index contributed by atoms with van der Waals surface area (Å²) in [7, 11) is -0.562. The van der Waals surface area contributed by atoms with Crippen molar-refractivity contribution >= 4 is 30.4 Å². The summed E-state index contributed by atoms with van der Waals surface area (Å²) in [5.41, 5.74) is 5.65. The fourth-order valence-electron chi connectivity index (χ4n) is 5.90. The molecule has 0 amide bonds. The summed E-state index contributed by atoms with van der Waals surface area (Å²) in [6.45, 7) is 12.0. The highest BCUT2D eigenvalue weighted by atomic mass is 31.2. The standard InChI is InChI=1S/C22H23B.C16H36P/c1-2-3-12-19-13-10-11-18-22(19)23(20-14-6-4-7-15-20)21-16-8-5-9-17-21;1-5-9-13-17(14-10-6-2,15-11-7-3)16-12-8-4/h4-11,13-18H,2-3,12H2,1H3;5-16H2,1-4H3/q;+1. The van der Waals surface area contributed by atoms with E-state index in [1.54, 1.807) is 24.6 Å². The van der Waals surface area contributed by atoms with Gasteiger partial charge in [0.2, 0.25) is 6.71 Å². The second kappa shape index (κ2) is 20.9. The Morgan fingerprint density at radius 3 is 1.23 bits per heavy atom. The summed E-state index contributed by atoms with van der Waals surface area (Å²) in [4.78, 5) is 0. The van der Waals surface area contributed by atoms with Crippen molar-refractivity contribution < 1.29 is 0 Å². The van der Waals surface area contributed by atoms with Crippen molar-refractivity contribution in [1.29, 1.82) is 0 Å². The lowest BCUT2D eigenvalue weighted by Gasteiger charge is -2.28. The van der Waals surface area contributed by atoms with Crippen LogP contribution in [-0.4, -0.2) is 31.4 Å². The highest BCUT2D eigenvalue weighted by Crippen LogP contribution is 2.61. The number of benzene rings is 3. The molecule has 0 fully saturated rings. The molecule has 40 heavy (non-hydrogen) atoms. The van der Waals surface area contributed by atoms with Crippen molar-refractivity contribution in [3.05, 3.63) is 90.5 Å². The van der Waals surface area contributed by atoms with E-state index in [2.05, 4.69) is 120 Å². The maximum Gasteiger partial charge on any atom is 0.241 e. The van der Waals surface area contributed by atoms with Crippen LogP contribution in [0.2, 0.25) is 0 Å². The zero-order valence-electron chi connectivity index (χ0n) is 26.7. The molecule has 0 spiro atoms. The van der Waals surface area contributed by atoms with Crippen molar-refractivity contribution in [2.45, 2.75) is 105 Å². The third kappa shape index (κ3) is 11.9. The summed E-state index contributed by atoms with van der Waals surface area (Å²) < 4.78 is 0. The predicted octanol–water partition coefficient (Wildman–Crippen LogP) is 9.75. The Morgan fingerprint density at radius 1 is 0.450 bits per heavy atom. The van der Waals surface area contributed by atoms with Crippen LogP contribution < -0.4 is 16.4 Å². The van der Waals surface area contributed by atoms with Crippen LogP contribution in [0.5, 0.6) is 0 Å². The Balaban J connectivity index is 0.000000296. The predicted molar refractivity (Wildman–Crippen MR) is 189 cm³/mol. The molecule has 2 heteroatoms. The smallest absolute Gasteiger partial charge is 0.0687 e. The summed E-state index contributed by atoms with van der Waals surface area (Å²) in [6.07, 6.45) is 21.6. The largest absolute Gasteiger partial charge is 0.241 e. The normalized spacial score (nSPS) is 11.1. The highest BCUT2D eigenvalue weighted by Gasteiger charge is 2.34. The molecule has 0 aliphatic rings. The Bertz CT molecular complexity index is 923. The van der Waals surface area contributed by atoms with Crippen LogP contribution in [-0.2, 0) is 6.42 Å². The quantitative estimate of drug-likeness (QED) is 0.108. The first kappa shape index (κ1) is 34.4. The van der Waals surface area contributed by atoms with E-state index in [1.807, 2.05) is 0 Å². The van der Waals surface area contributed by atoms with E-state index in [4.69, 9.17) is 0 Å². The van der Waals surface area contributed by atoms with Gasteiger partial charge in [0.15, 0.2) is 0 Å². The van der Waals surface area contributed by atoms with E-state index in [9.17, 15) is 0 Å². The molecule has 3 rings (SSSR count). The van der Waals surface area contributed by atoms with Gasteiger partial charge in [-0.15, -0.1) is 0 Å². The maximum absolute atomic E-state index is 2.36. The van der Waals surface area contributed by atoms with Crippen LogP contribution in [0.3, 0.4) is 0 Å². The molecule has 0 aromatic heterocycles. The summed E-state index contributed by atoms with van der Waals surface area (Å²) in [5, 5.41) is 0. The lowest BCUT2D eigenvalue weighted by Crippen LogP contribution is -2.53. The van der Waals surface area contributed by atoms with Gasteiger partial charge in [0.1, 0.15) is 0 Å². The van der Waals surface area contributed by atoms with Gasteiger partial charge < -0.3 is 0 Å². The number of aryl methyl sites for hydroxylation is 1. The zero-order valence-corrected chi connectivity index (χ0v) is 27.6. The van der Waals surface area contributed by atoms with E-state index in [-0.39, 0.29) is 0 Å². The SMILES string of the molecule is CCCC[P+](CCCC)(CCCC)CCCC.CCCCc1ccccc1B(c1ccccc1)c1ccccc1. The monoisotopic (exact) mass is 557 g/mol. The van der Waals surface area contributed by atoms with Gasteiger partial charge in [-0.05, 0) is 38.5 Å². The lowest BCUT2D eigenvalue weighted by molar-refractivity contribution is 0.798. The average Bonchev–Trinajstić information content (AvgIpc) is 3.01. The molecule has 218 valence electrons. The lowest BCUT2D eigenvalue weighted by atomic mass is 9.36. The Hall–Kier alpha value is -1.85. The molecule has 0 N–H and O–H groups in total. The van der Waals surface area contributed by atoms with E-state index < -0.39 is 7.26 Å². The average molecular weight is 558 g/mol. The van der Waals surface area contributed by atoms with Crippen molar-refractivity contribution in [1.82, 2.24) is 0 Å². The van der Waals surface area contributed by atoms with Gasteiger partial charge >= 0.3 is 0 Å². The van der Waals surface area contributed by atoms with Gasteiger partial charge in [0, 0.05) is 7.26 Å². The van der Waals surface area contributed by atoms with Crippen molar-refractivity contribution in [2.24, 2.45) is 0 Å². The summed E-state index contributed by atoms with van der Waals surface area (Å²) in [6, 6.07) is 30.7. The van der Waals surface area contributed by atoms with Crippen molar-refractivity contribution in [3.8, 4) is 0 Å². The van der Waals surface area contributed by atoms with Gasteiger partial charge in [-0.25, -0.2) is 0 Å². The molecular weight excluding hydrogens is 498 g/mol. The molecule has 3 aromatic rings. The van der Waals surface area contributed by atoms with Crippen LogP contribution in [0.25, 0.3) is 0 Å². The third-order valence-electron chi connectivity index (χ3n) is 8.38. The van der Waals surface area contributed by atoms with E-state index in [1.165, 1.54) is 86.2 Å². The molecule has 0 radical (unpaired) electrons. The molecule has 0 aliphatic carbocycles. The van der Waals surface area contributed by atoms with Gasteiger partial charge in [0.05, 0.1) is 24.6 Å². The van der Waals surface area contributed by atoms with E-state index in [0.717, 1.165) is 6.42 Å². The van der Waals surface area contributed by atoms with Gasteiger partial charge in [-0.1, -0.05) is 174 Å². The molecule has 0 bridgehead atoms. The molecule has 0 nitrogen and oxygen atoms in total. The zero-order chi connectivity index (χ0) is 28.9. The third-order valence-corrected chi connectivity index (χ3v) is 13.4. The molecule has 0 atom stereocenters. The van der Waals surface area contributed by atoms with Crippen molar-refractivity contribution in [2.75, 3.05) is 24.6 Å². The Morgan fingerprint density at radius 2 is 0.825 bits per heavy atom. The first-order chi connectivity index (χ1) is 19.6. The Labute approximate surface area is 250 Å². The second-order valence-corrected chi connectivity index (χ2v) is 16.2. The fraction of sp³-hybridized carbons (Fsp3) is 0.526. The molecule has 3 aromatic carbocycles. The van der Waals surface area contributed by atoms with E-state index >= 15 is 0 Å². The molecular formula is C38H59BP+. The van der Waals surface area contributed by atoms with E-state index in [0.29, 0.717) is 6.71 Å². The minimum Gasteiger partial charge on any atom is -0.0687 e.